The molecule has 2 aliphatic carbocycles. The minimum Gasteiger partial charge on any atom is -0.397 e. The largest absolute Gasteiger partial charge is 0.397 e. The summed E-state index contributed by atoms with van der Waals surface area (Å²) in [7, 11) is 0. The predicted octanol–water partition coefficient (Wildman–Crippen LogP) is 2.55. The molecule has 1 fully saturated rings. The molecule has 0 heterocycles. The van der Waals surface area contributed by atoms with E-state index in [-0.39, 0.29) is 11.3 Å². The molecule has 15 heavy (non-hydrogen) atoms. The number of hydrogen-bond donors (Lipinski definition) is 3. The predicted molar refractivity (Wildman–Crippen MR) is 65.8 cm³/mol. The molecule has 1 spiro atoms. The van der Waals surface area contributed by atoms with Gasteiger partial charge in [-0.25, -0.2) is 0 Å². The molecule has 0 radical (unpaired) electrons. The Labute approximate surface area is 102 Å². The summed E-state index contributed by atoms with van der Waals surface area (Å²) in [5, 5.41) is 8.14. The molecule has 3 nitrogen and oxygen atoms in total. The Kier molecular flexibility index (Phi) is 2.59. The Morgan fingerprint density at radius 1 is 1.40 bits per heavy atom. The fourth-order valence-electron chi connectivity index (χ4n) is 2.50. The van der Waals surface area contributed by atoms with Crippen molar-refractivity contribution >= 4 is 33.4 Å². The molecule has 0 amide bonds. The van der Waals surface area contributed by atoms with Crippen molar-refractivity contribution < 1.29 is 0 Å². The third-order valence-corrected chi connectivity index (χ3v) is 5.03. The zero-order chi connectivity index (χ0) is 11.2. The molecule has 5 N–H and O–H groups in total. The van der Waals surface area contributed by atoms with E-state index in [4.69, 9.17) is 28.5 Å². The van der Waals surface area contributed by atoms with Crippen molar-refractivity contribution in [3.8, 4) is 0 Å². The Morgan fingerprint density at radius 3 is 2.33 bits per heavy atom. The van der Waals surface area contributed by atoms with Gasteiger partial charge in [-0.2, -0.15) is 0 Å². The fraction of sp³-hybridized carbons (Fsp3) is 0.500. The normalized spacial score (nSPS) is 24.4. The SMILES string of the molecule is N=C(N)C1=C(Cl)C2(CCCC2)C(Br)=C1N. The number of nitrogens with one attached hydrogen (secondary N) is 1. The molecular formula is C10H13BrClN3. The molecule has 2 rings (SSSR count). The summed E-state index contributed by atoms with van der Waals surface area (Å²) in [6, 6.07) is 0. The number of rotatable bonds is 1. The van der Waals surface area contributed by atoms with Gasteiger partial charge in [-0.05, 0) is 12.8 Å². The molecule has 0 bridgehead atoms. The summed E-state index contributed by atoms with van der Waals surface area (Å²) in [4.78, 5) is 0. The van der Waals surface area contributed by atoms with E-state index < -0.39 is 0 Å². The van der Waals surface area contributed by atoms with Gasteiger partial charge >= 0.3 is 0 Å². The van der Waals surface area contributed by atoms with Crippen molar-refractivity contribution in [2.24, 2.45) is 16.9 Å². The number of nitrogens with two attached hydrogens (primary N) is 2. The van der Waals surface area contributed by atoms with Crippen LogP contribution in [0, 0.1) is 10.8 Å². The molecule has 0 aromatic rings. The summed E-state index contributed by atoms with van der Waals surface area (Å²) >= 11 is 9.85. The van der Waals surface area contributed by atoms with Crippen molar-refractivity contribution in [2.45, 2.75) is 25.7 Å². The molecular weight excluding hydrogens is 277 g/mol. The first kappa shape index (κ1) is 11.0. The maximum atomic E-state index is 7.49. The maximum absolute atomic E-state index is 7.49. The van der Waals surface area contributed by atoms with Crippen molar-refractivity contribution in [3.63, 3.8) is 0 Å². The van der Waals surface area contributed by atoms with E-state index in [1.807, 2.05) is 0 Å². The smallest absolute Gasteiger partial charge is 0.126 e. The van der Waals surface area contributed by atoms with Gasteiger partial charge in [0.25, 0.3) is 0 Å². The topological polar surface area (TPSA) is 75.9 Å². The highest BCUT2D eigenvalue weighted by atomic mass is 79.9. The first-order valence-electron chi connectivity index (χ1n) is 4.91. The average Bonchev–Trinajstić information content (AvgIpc) is 2.70. The van der Waals surface area contributed by atoms with Crippen LogP contribution in [0.3, 0.4) is 0 Å². The maximum Gasteiger partial charge on any atom is 0.126 e. The van der Waals surface area contributed by atoms with Crippen LogP contribution in [-0.4, -0.2) is 5.84 Å². The number of amidine groups is 1. The van der Waals surface area contributed by atoms with Crippen molar-refractivity contribution in [1.82, 2.24) is 0 Å². The molecule has 0 aromatic carbocycles. The van der Waals surface area contributed by atoms with Crippen LogP contribution >= 0.6 is 27.5 Å². The highest BCUT2D eigenvalue weighted by Gasteiger charge is 2.47. The van der Waals surface area contributed by atoms with Gasteiger partial charge in [-0.1, -0.05) is 40.4 Å². The summed E-state index contributed by atoms with van der Waals surface area (Å²) < 4.78 is 0.919. The van der Waals surface area contributed by atoms with Gasteiger partial charge in [0.05, 0.1) is 11.3 Å². The van der Waals surface area contributed by atoms with Crippen LogP contribution in [0.2, 0.25) is 0 Å². The van der Waals surface area contributed by atoms with Crippen LogP contribution < -0.4 is 11.5 Å². The van der Waals surface area contributed by atoms with Crippen LogP contribution in [0.15, 0.2) is 20.8 Å². The molecule has 0 unspecified atom stereocenters. The first-order chi connectivity index (χ1) is 7.00. The third kappa shape index (κ3) is 1.35. The third-order valence-electron chi connectivity index (χ3n) is 3.29. The highest BCUT2D eigenvalue weighted by molar-refractivity contribution is 9.11. The first-order valence-corrected chi connectivity index (χ1v) is 6.08. The van der Waals surface area contributed by atoms with Crippen LogP contribution in [-0.2, 0) is 0 Å². The zero-order valence-electron chi connectivity index (χ0n) is 8.24. The molecule has 82 valence electrons. The lowest BCUT2D eigenvalue weighted by molar-refractivity contribution is 0.501. The van der Waals surface area contributed by atoms with Crippen molar-refractivity contribution in [1.29, 1.82) is 5.41 Å². The van der Waals surface area contributed by atoms with E-state index >= 15 is 0 Å². The van der Waals surface area contributed by atoms with Gasteiger partial charge < -0.3 is 11.5 Å². The van der Waals surface area contributed by atoms with Gasteiger partial charge in [0, 0.05) is 14.9 Å². The Balaban J connectivity index is 2.57. The molecule has 0 aromatic heterocycles. The van der Waals surface area contributed by atoms with E-state index in [0.717, 1.165) is 30.2 Å². The Bertz CT molecular complexity index is 391. The highest BCUT2D eigenvalue weighted by Crippen LogP contribution is 2.59. The summed E-state index contributed by atoms with van der Waals surface area (Å²) in [5.74, 6) is -0.0433. The second-order valence-electron chi connectivity index (χ2n) is 4.12. The van der Waals surface area contributed by atoms with Crippen LogP contribution in [0.4, 0.5) is 0 Å². The van der Waals surface area contributed by atoms with E-state index in [1.54, 1.807) is 0 Å². The van der Waals surface area contributed by atoms with Gasteiger partial charge in [0.1, 0.15) is 5.84 Å². The molecule has 0 aliphatic heterocycles. The van der Waals surface area contributed by atoms with Gasteiger partial charge in [-0.3, -0.25) is 5.41 Å². The molecule has 0 atom stereocenters. The van der Waals surface area contributed by atoms with E-state index in [9.17, 15) is 0 Å². The van der Waals surface area contributed by atoms with Gasteiger partial charge in [0.2, 0.25) is 0 Å². The fourth-order valence-corrected chi connectivity index (χ4v) is 3.90. The standard InChI is InChI=1S/C10H13BrClN3/c11-7-6(13)5(9(14)15)8(12)10(7)3-1-2-4-10/h1-4,13H2,(H3,14,15). The number of hydrogen-bond acceptors (Lipinski definition) is 2. The second-order valence-corrected chi connectivity index (χ2v) is 5.29. The monoisotopic (exact) mass is 289 g/mol. The van der Waals surface area contributed by atoms with Crippen molar-refractivity contribution in [3.05, 3.63) is 20.8 Å². The minimum absolute atomic E-state index is 0.0433. The minimum atomic E-state index is -0.174. The van der Waals surface area contributed by atoms with Gasteiger partial charge in [-0.15, -0.1) is 0 Å². The number of allylic oxidation sites excluding steroid dienone is 2. The van der Waals surface area contributed by atoms with E-state index in [0.29, 0.717) is 16.3 Å². The van der Waals surface area contributed by atoms with Crippen LogP contribution in [0.5, 0.6) is 0 Å². The lowest BCUT2D eigenvalue weighted by Gasteiger charge is -2.24. The summed E-state index contributed by atoms with van der Waals surface area (Å²) in [6.45, 7) is 0. The van der Waals surface area contributed by atoms with Crippen LogP contribution in [0.1, 0.15) is 25.7 Å². The van der Waals surface area contributed by atoms with Crippen LogP contribution in [0.25, 0.3) is 0 Å². The Morgan fingerprint density at radius 2 is 1.93 bits per heavy atom. The molecule has 5 heteroatoms. The van der Waals surface area contributed by atoms with E-state index in [2.05, 4.69) is 15.9 Å². The lowest BCUT2D eigenvalue weighted by atomic mass is 9.87. The Hall–Kier alpha value is -0.480. The average molecular weight is 291 g/mol. The lowest BCUT2D eigenvalue weighted by Crippen LogP contribution is -2.18. The van der Waals surface area contributed by atoms with E-state index in [1.165, 1.54) is 0 Å². The molecule has 0 saturated heterocycles. The molecule has 1 saturated carbocycles. The second kappa shape index (κ2) is 3.52. The number of halogens is 2. The summed E-state index contributed by atoms with van der Waals surface area (Å²) in [5.41, 5.74) is 12.3. The van der Waals surface area contributed by atoms with Crippen molar-refractivity contribution in [2.75, 3.05) is 0 Å². The molecule has 2 aliphatic rings. The van der Waals surface area contributed by atoms with Gasteiger partial charge in [0.15, 0.2) is 0 Å². The quantitative estimate of drug-likeness (QED) is 0.513. The zero-order valence-corrected chi connectivity index (χ0v) is 10.6. The summed E-state index contributed by atoms with van der Waals surface area (Å²) in [6.07, 6.45) is 4.27.